The Kier molecular flexibility index (Phi) is 6.08. The summed E-state index contributed by atoms with van der Waals surface area (Å²) in [7, 11) is 0. The molecular weight excluding hydrogens is 366 g/mol. The lowest BCUT2D eigenvalue weighted by molar-refractivity contribution is -0.0603. The molecule has 2 N–H and O–H groups in total. The predicted octanol–water partition coefficient (Wildman–Crippen LogP) is 3.86. The van der Waals surface area contributed by atoms with E-state index in [2.05, 4.69) is 41.0 Å². The second-order valence-electron chi connectivity index (χ2n) is 7.43. The molecule has 154 valence electrons. The monoisotopic (exact) mass is 395 g/mol. The van der Waals surface area contributed by atoms with Gasteiger partial charge in [-0.3, -0.25) is 4.90 Å². The molecule has 7 nitrogen and oxygen atoms in total. The van der Waals surface area contributed by atoms with Crippen molar-refractivity contribution in [3.8, 4) is 0 Å². The third kappa shape index (κ3) is 4.27. The average molecular weight is 396 g/mol. The molecule has 1 aliphatic heterocycles. The van der Waals surface area contributed by atoms with Crippen LogP contribution in [0.15, 0.2) is 42.7 Å². The minimum Gasteiger partial charge on any atom is -0.379 e. The maximum absolute atomic E-state index is 10.6. The summed E-state index contributed by atoms with van der Waals surface area (Å²) in [5.41, 5.74) is 2.72. The van der Waals surface area contributed by atoms with E-state index in [1.807, 2.05) is 35.4 Å². The zero-order valence-electron chi connectivity index (χ0n) is 17.1. The maximum atomic E-state index is 10.6. The Morgan fingerprint density at radius 3 is 2.52 bits per heavy atom. The fourth-order valence-electron chi connectivity index (χ4n) is 3.88. The van der Waals surface area contributed by atoms with Crippen LogP contribution in [0.2, 0.25) is 0 Å². The second-order valence-corrected chi connectivity index (χ2v) is 7.43. The number of anilines is 2. The Balaban J connectivity index is 1.50. The molecule has 1 aliphatic rings. The molecule has 1 saturated heterocycles. The Hall–Kier alpha value is -2.48. The zero-order chi connectivity index (χ0) is 20.2. The van der Waals surface area contributed by atoms with Gasteiger partial charge >= 0.3 is 0 Å². The molecule has 0 radical (unpaired) electrons. The van der Waals surface area contributed by atoms with Gasteiger partial charge in [-0.2, -0.15) is 4.98 Å². The summed E-state index contributed by atoms with van der Waals surface area (Å²) in [5.74, 6) is 0.574. The van der Waals surface area contributed by atoms with Crippen LogP contribution in [0.1, 0.15) is 44.5 Å². The SMILES string of the molecule is CCC(CC)n1ccc2cnc(Nc3ccc(C(O)N4CCOCC4)cc3)nc21. The van der Waals surface area contributed by atoms with E-state index >= 15 is 0 Å². The van der Waals surface area contributed by atoms with Crippen molar-refractivity contribution in [2.24, 2.45) is 0 Å². The number of nitrogens with zero attached hydrogens (tertiary/aromatic N) is 4. The normalized spacial score (nSPS) is 16.4. The first-order valence-corrected chi connectivity index (χ1v) is 10.4. The van der Waals surface area contributed by atoms with Crippen LogP contribution in [-0.2, 0) is 4.74 Å². The molecule has 4 rings (SSSR count). The van der Waals surface area contributed by atoms with Crippen LogP contribution < -0.4 is 5.32 Å². The van der Waals surface area contributed by atoms with Crippen LogP contribution in [-0.4, -0.2) is 50.8 Å². The number of hydrogen-bond acceptors (Lipinski definition) is 6. The Bertz CT molecular complexity index is 930. The van der Waals surface area contributed by atoms with Crippen LogP contribution in [0.5, 0.6) is 0 Å². The van der Waals surface area contributed by atoms with Crippen LogP contribution in [0.4, 0.5) is 11.6 Å². The summed E-state index contributed by atoms with van der Waals surface area (Å²) in [6, 6.07) is 10.3. The van der Waals surface area contributed by atoms with Gasteiger partial charge in [0.25, 0.3) is 0 Å². The highest BCUT2D eigenvalue weighted by Crippen LogP contribution is 2.25. The number of aromatic nitrogens is 3. The number of morpholine rings is 1. The van der Waals surface area contributed by atoms with E-state index in [0.717, 1.165) is 48.2 Å². The van der Waals surface area contributed by atoms with Gasteiger partial charge in [-0.25, -0.2) is 4.98 Å². The van der Waals surface area contributed by atoms with E-state index in [9.17, 15) is 5.11 Å². The van der Waals surface area contributed by atoms with E-state index in [-0.39, 0.29) is 0 Å². The predicted molar refractivity (Wildman–Crippen MR) is 114 cm³/mol. The summed E-state index contributed by atoms with van der Waals surface area (Å²) >= 11 is 0. The van der Waals surface area contributed by atoms with Gasteiger partial charge in [0.15, 0.2) is 0 Å². The van der Waals surface area contributed by atoms with Gasteiger partial charge in [0, 0.05) is 42.6 Å². The molecule has 3 aromatic rings. The van der Waals surface area contributed by atoms with Crippen LogP contribution in [0, 0.1) is 0 Å². The largest absolute Gasteiger partial charge is 0.379 e. The van der Waals surface area contributed by atoms with Gasteiger partial charge in [-0.15, -0.1) is 0 Å². The number of ether oxygens (including phenoxy) is 1. The van der Waals surface area contributed by atoms with Crippen molar-refractivity contribution in [2.75, 3.05) is 31.6 Å². The molecule has 0 aliphatic carbocycles. The summed E-state index contributed by atoms with van der Waals surface area (Å²) in [4.78, 5) is 11.2. The lowest BCUT2D eigenvalue weighted by Crippen LogP contribution is -2.38. The van der Waals surface area contributed by atoms with E-state index in [4.69, 9.17) is 9.72 Å². The van der Waals surface area contributed by atoms with Crippen LogP contribution in [0.25, 0.3) is 11.0 Å². The van der Waals surface area contributed by atoms with E-state index in [1.54, 1.807) is 0 Å². The minimum atomic E-state index is -0.608. The smallest absolute Gasteiger partial charge is 0.229 e. The highest BCUT2D eigenvalue weighted by atomic mass is 16.5. The summed E-state index contributed by atoms with van der Waals surface area (Å²) < 4.78 is 7.59. The Morgan fingerprint density at radius 1 is 1.10 bits per heavy atom. The number of hydrogen-bond donors (Lipinski definition) is 2. The molecule has 29 heavy (non-hydrogen) atoms. The van der Waals surface area contributed by atoms with Crippen molar-refractivity contribution in [1.29, 1.82) is 0 Å². The van der Waals surface area contributed by atoms with Crippen molar-refractivity contribution in [1.82, 2.24) is 19.4 Å². The number of rotatable bonds is 7. The molecule has 0 spiro atoms. The number of fused-ring (bicyclic) bond motifs is 1. The van der Waals surface area contributed by atoms with Gasteiger partial charge in [0.1, 0.15) is 11.9 Å². The summed E-state index contributed by atoms with van der Waals surface area (Å²) in [6.07, 6.45) is 5.49. The second kappa shape index (κ2) is 8.90. The molecule has 1 atom stereocenters. The van der Waals surface area contributed by atoms with Gasteiger partial charge in [0.2, 0.25) is 5.95 Å². The van der Waals surface area contributed by atoms with Crippen molar-refractivity contribution in [3.05, 3.63) is 48.3 Å². The molecule has 1 aromatic carbocycles. The fourth-order valence-corrected chi connectivity index (χ4v) is 3.88. The first-order valence-electron chi connectivity index (χ1n) is 10.4. The molecule has 7 heteroatoms. The maximum Gasteiger partial charge on any atom is 0.229 e. The molecule has 0 amide bonds. The molecule has 1 fully saturated rings. The van der Waals surface area contributed by atoms with Crippen LogP contribution in [0.3, 0.4) is 0 Å². The lowest BCUT2D eigenvalue weighted by Gasteiger charge is -2.31. The van der Waals surface area contributed by atoms with Gasteiger partial charge in [-0.1, -0.05) is 26.0 Å². The number of aliphatic hydroxyl groups excluding tert-OH is 1. The lowest BCUT2D eigenvalue weighted by atomic mass is 10.1. The topological polar surface area (TPSA) is 75.4 Å². The fraction of sp³-hybridized carbons (Fsp3) is 0.455. The summed E-state index contributed by atoms with van der Waals surface area (Å²) in [6.45, 7) is 7.21. The number of nitrogens with one attached hydrogen (secondary N) is 1. The zero-order valence-corrected chi connectivity index (χ0v) is 17.1. The average Bonchev–Trinajstić information content (AvgIpc) is 3.19. The molecule has 0 saturated carbocycles. The third-order valence-electron chi connectivity index (χ3n) is 5.65. The van der Waals surface area contributed by atoms with E-state index in [1.165, 1.54) is 0 Å². The molecular formula is C22H29N5O2. The van der Waals surface area contributed by atoms with E-state index in [0.29, 0.717) is 25.2 Å². The van der Waals surface area contributed by atoms with Crippen molar-refractivity contribution in [2.45, 2.75) is 39.0 Å². The van der Waals surface area contributed by atoms with Crippen molar-refractivity contribution < 1.29 is 9.84 Å². The van der Waals surface area contributed by atoms with Gasteiger partial charge in [-0.05, 0) is 36.6 Å². The minimum absolute atomic E-state index is 0.441. The highest BCUT2D eigenvalue weighted by molar-refractivity contribution is 5.77. The Morgan fingerprint density at radius 2 is 1.83 bits per heavy atom. The third-order valence-corrected chi connectivity index (χ3v) is 5.65. The number of benzene rings is 1. The quantitative estimate of drug-likeness (QED) is 0.633. The molecule has 2 aromatic heterocycles. The van der Waals surface area contributed by atoms with Crippen molar-refractivity contribution in [3.63, 3.8) is 0 Å². The van der Waals surface area contributed by atoms with E-state index < -0.39 is 6.23 Å². The number of aliphatic hydroxyl groups is 1. The molecule has 0 bridgehead atoms. The van der Waals surface area contributed by atoms with Gasteiger partial charge < -0.3 is 19.7 Å². The first-order chi connectivity index (χ1) is 14.2. The molecule has 3 heterocycles. The highest BCUT2D eigenvalue weighted by Gasteiger charge is 2.20. The first kappa shape index (κ1) is 19.8. The van der Waals surface area contributed by atoms with Gasteiger partial charge in [0.05, 0.1) is 13.2 Å². The van der Waals surface area contributed by atoms with Crippen molar-refractivity contribution >= 4 is 22.7 Å². The van der Waals surface area contributed by atoms with Crippen LogP contribution >= 0.6 is 0 Å². The summed E-state index contributed by atoms with van der Waals surface area (Å²) in [5, 5.41) is 14.9. The molecule has 1 unspecified atom stereocenters. The standard InChI is InChI=1S/C22H29N5O2/c1-3-19(4-2)27-10-9-17-15-23-22(25-20(17)27)24-18-7-5-16(6-8-18)21(28)26-11-13-29-14-12-26/h5-10,15,19,21,28H,3-4,11-14H2,1-2H3,(H,23,24,25). The Labute approximate surface area is 171 Å².